The number of hydrogen-bond acceptors (Lipinski definition) is 4. The zero-order chi connectivity index (χ0) is 20.4. The predicted molar refractivity (Wildman–Crippen MR) is 113 cm³/mol. The van der Waals surface area contributed by atoms with Crippen LogP contribution in [0.2, 0.25) is 5.02 Å². The normalized spacial score (nSPS) is 13.9. The molecule has 1 aliphatic rings. The fourth-order valence-corrected chi connectivity index (χ4v) is 3.88. The first-order chi connectivity index (χ1) is 14.0. The highest BCUT2D eigenvalue weighted by atomic mass is 35.5. The number of anilines is 2. The first-order valence-corrected chi connectivity index (χ1v) is 9.86. The van der Waals surface area contributed by atoms with E-state index >= 15 is 0 Å². The number of benzene rings is 3. The predicted octanol–water partition coefficient (Wildman–Crippen LogP) is 5.47. The number of carbonyl (C=O) groups excluding carboxylic acids is 2. The number of hydrogen-bond donors (Lipinski definition) is 1. The number of halogens is 2. The summed E-state index contributed by atoms with van der Waals surface area (Å²) in [5.74, 6) is -1.28. The summed E-state index contributed by atoms with van der Waals surface area (Å²) in [6, 6.07) is 21.3. The molecule has 0 unspecified atom stereocenters. The number of amides is 2. The van der Waals surface area contributed by atoms with E-state index in [1.54, 1.807) is 48.5 Å². The Morgan fingerprint density at radius 2 is 1.48 bits per heavy atom. The summed E-state index contributed by atoms with van der Waals surface area (Å²) in [6.07, 6.45) is 0. The van der Waals surface area contributed by atoms with Crippen LogP contribution in [0.5, 0.6) is 0 Å². The third kappa shape index (κ3) is 4.04. The van der Waals surface area contributed by atoms with Crippen LogP contribution < -0.4 is 10.2 Å². The lowest BCUT2D eigenvalue weighted by Gasteiger charge is -2.15. The molecule has 1 heterocycles. The third-order valence-corrected chi connectivity index (χ3v) is 5.55. The molecule has 0 aliphatic carbocycles. The largest absolute Gasteiger partial charge is 0.350 e. The maximum atomic E-state index is 13.2. The zero-order valence-electron chi connectivity index (χ0n) is 14.9. The standard InChI is InChI=1S/C22H14ClFN2O2S/c23-14-6-12-18(13-7-14)29-20-19(25-16-10-8-15(24)9-11-16)21(27)26(22(20)28)17-4-2-1-3-5-17/h1-13,25H. The summed E-state index contributed by atoms with van der Waals surface area (Å²) in [7, 11) is 0. The molecule has 0 saturated heterocycles. The summed E-state index contributed by atoms with van der Waals surface area (Å²) in [6.45, 7) is 0. The molecule has 0 saturated carbocycles. The Hall–Kier alpha value is -3.09. The van der Waals surface area contributed by atoms with Crippen LogP contribution in [-0.2, 0) is 9.59 Å². The first-order valence-electron chi connectivity index (χ1n) is 8.67. The van der Waals surface area contributed by atoms with E-state index in [0.29, 0.717) is 16.4 Å². The van der Waals surface area contributed by atoms with Crippen molar-refractivity contribution in [2.45, 2.75) is 4.90 Å². The summed E-state index contributed by atoms with van der Waals surface area (Å²) >= 11 is 7.11. The smallest absolute Gasteiger partial charge is 0.283 e. The zero-order valence-corrected chi connectivity index (χ0v) is 16.5. The van der Waals surface area contributed by atoms with Crippen molar-refractivity contribution in [3.8, 4) is 0 Å². The number of nitrogens with one attached hydrogen (secondary N) is 1. The molecule has 1 N–H and O–H groups in total. The molecule has 0 atom stereocenters. The second kappa shape index (κ2) is 8.11. The van der Waals surface area contributed by atoms with Crippen molar-refractivity contribution < 1.29 is 14.0 Å². The molecular weight excluding hydrogens is 411 g/mol. The molecule has 3 aromatic carbocycles. The van der Waals surface area contributed by atoms with E-state index in [0.717, 1.165) is 9.80 Å². The van der Waals surface area contributed by atoms with E-state index in [9.17, 15) is 14.0 Å². The van der Waals surface area contributed by atoms with Crippen molar-refractivity contribution in [2.24, 2.45) is 0 Å². The van der Waals surface area contributed by atoms with Gasteiger partial charge in [0.1, 0.15) is 16.4 Å². The molecule has 0 radical (unpaired) electrons. The van der Waals surface area contributed by atoms with Crippen LogP contribution in [-0.4, -0.2) is 11.8 Å². The molecule has 0 bridgehead atoms. The minimum absolute atomic E-state index is 0.144. The quantitative estimate of drug-likeness (QED) is 0.552. The van der Waals surface area contributed by atoms with Crippen molar-refractivity contribution >= 4 is 46.6 Å². The van der Waals surface area contributed by atoms with Crippen LogP contribution >= 0.6 is 23.4 Å². The van der Waals surface area contributed by atoms with Crippen LogP contribution in [0.15, 0.2) is 94.4 Å². The second-order valence-corrected chi connectivity index (χ2v) is 7.69. The molecule has 144 valence electrons. The molecule has 4 nitrogen and oxygen atoms in total. The van der Waals surface area contributed by atoms with Gasteiger partial charge in [0.2, 0.25) is 0 Å². The van der Waals surface area contributed by atoms with E-state index < -0.39 is 11.8 Å². The first kappa shape index (κ1) is 19.2. The van der Waals surface area contributed by atoms with Crippen LogP contribution in [0, 0.1) is 5.82 Å². The fraction of sp³-hybridized carbons (Fsp3) is 0. The number of imide groups is 1. The van der Waals surface area contributed by atoms with Crippen molar-refractivity contribution in [1.29, 1.82) is 0 Å². The van der Waals surface area contributed by atoms with Gasteiger partial charge < -0.3 is 5.32 Å². The van der Waals surface area contributed by atoms with Gasteiger partial charge in [0, 0.05) is 15.6 Å². The van der Waals surface area contributed by atoms with Crippen LogP contribution in [0.1, 0.15) is 0 Å². The van der Waals surface area contributed by atoms with Crippen LogP contribution in [0.25, 0.3) is 0 Å². The van der Waals surface area contributed by atoms with Crippen LogP contribution in [0.4, 0.5) is 15.8 Å². The highest BCUT2D eigenvalue weighted by Crippen LogP contribution is 2.38. The summed E-state index contributed by atoms with van der Waals surface area (Å²) < 4.78 is 13.2. The van der Waals surface area contributed by atoms with Gasteiger partial charge in [0.05, 0.1) is 5.69 Å². The molecule has 0 spiro atoms. The molecule has 7 heteroatoms. The van der Waals surface area contributed by atoms with Crippen molar-refractivity contribution in [3.05, 3.63) is 100 Å². The summed E-state index contributed by atoms with van der Waals surface area (Å²) in [5, 5.41) is 3.56. The Kier molecular flexibility index (Phi) is 5.38. The number of nitrogens with zero attached hydrogens (tertiary/aromatic N) is 1. The summed E-state index contributed by atoms with van der Waals surface area (Å²) in [5.41, 5.74) is 1.13. The van der Waals surface area contributed by atoms with Gasteiger partial charge in [-0.15, -0.1) is 0 Å². The van der Waals surface area contributed by atoms with Crippen molar-refractivity contribution in [1.82, 2.24) is 0 Å². The fourth-order valence-electron chi connectivity index (χ4n) is 2.82. The lowest BCUT2D eigenvalue weighted by atomic mass is 10.3. The molecule has 29 heavy (non-hydrogen) atoms. The minimum atomic E-state index is -0.470. The summed E-state index contributed by atoms with van der Waals surface area (Å²) in [4.78, 5) is 28.4. The number of para-hydroxylation sites is 1. The van der Waals surface area contributed by atoms with E-state index in [2.05, 4.69) is 5.32 Å². The molecule has 0 aromatic heterocycles. The average molecular weight is 425 g/mol. The SMILES string of the molecule is O=C1C(Nc2ccc(F)cc2)=C(Sc2ccc(Cl)cc2)C(=O)N1c1ccccc1. The molecule has 3 aromatic rings. The van der Waals surface area contributed by atoms with Gasteiger partial charge in [-0.05, 0) is 60.7 Å². The molecule has 0 fully saturated rings. The lowest BCUT2D eigenvalue weighted by Crippen LogP contribution is -2.32. The maximum Gasteiger partial charge on any atom is 0.283 e. The third-order valence-electron chi connectivity index (χ3n) is 4.20. The Balaban J connectivity index is 1.73. The van der Waals surface area contributed by atoms with Gasteiger partial charge in [-0.25, -0.2) is 9.29 Å². The van der Waals surface area contributed by atoms with Gasteiger partial charge in [-0.3, -0.25) is 9.59 Å². The molecule has 1 aliphatic heterocycles. The Bertz CT molecular complexity index is 1030. The van der Waals surface area contributed by atoms with Crippen molar-refractivity contribution in [2.75, 3.05) is 10.2 Å². The monoisotopic (exact) mass is 424 g/mol. The minimum Gasteiger partial charge on any atom is -0.350 e. The molecule has 4 rings (SSSR count). The topological polar surface area (TPSA) is 49.4 Å². The van der Waals surface area contributed by atoms with Gasteiger partial charge >= 0.3 is 0 Å². The number of rotatable bonds is 5. The maximum absolute atomic E-state index is 13.2. The van der Waals surface area contributed by atoms with E-state index in [-0.39, 0.29) is 16.4 Å². The number of carbonyl (C=O) groups is 2. The Morgan fingerprint density at radius 3 is 2.14 bits per heavy atom. The number of thioether (sulfide) groups is 1. The van der Waals surface area contributed by atoms with Crippen LogP contribution in [0.3, 0.4) is 0 Å². The van der Waals surface area contributed by atoms with E-state index in [1.807, 2.05) is 6.07 Å². The highest BCUT2D eigenvalue weighted by molar-refractivity contribution is 8.04. The van der Waals surface area contributed by atoms with E-state index in [4.69, 9.17) is 11.6 Å². The lowest BCUT2D eigenvalue weighted by molar-refractivity contribution is -0.120. The van der Waals surface area contributed by atoms with Gasteiger partial charge in [0.25, 0.3) is 11.8 Å². The van der Waals surface area contributed by atoms with Crippen molar-refractivity contribution in [3.63, 3.8) is 0 Å². The average Bonchev–Trinajstić information content (AvgIpc) is 2.96. The Morgan fingerprint density at radius 1 is 0.828 bits per heavy atom. The molecule has 2 amide bonds. The Labute approximate surface area is 176 Å². The van der Waals surface area contributed by atoms with Gasteiger partial charge in [-0.2, -0.15) is 0 Å². The second-order valence-electron chi connectivity index (χ2n) is 6.17. The van der Waals surface area contributed by atoms with Gasteiger partial charge in [0.15, 0.2) is 0 Å². The van der Waals surface area contributed by atoms with Gasteiger partial charge in [-0.1, -0.05) is 41.6 Å². The van der Waals surface area contributed by atoms with E-state index in [1.165, 1.54) is 36.0 Å². The highest BCUT2D eigenvalue weighted by Gasteiger charge is 2.40. The molecular formula is C22H14ClFN2O2S.